The molecule has 0 radical (unpaired) electrons. The third kappa shape index (κ3) is 5.09. The number of carbonyl (C=O) groups excluding carboxylic acids is 2. The molecule has 3 heterocycles. The summed E-state index contributed by atoms with van der Waals surface area (Å²) in [5.41, 5.74) is 2.27. The van der Waals surface area contributed by atoms with Crippen LogP contribution in [-0.2, 0) is 34.2 Å². The standard InChI is InChI=1S/C13H22N4O9S2/c18-12(14-25-6-3-15-4-7-27(20,21)8-5-15)11-2-1-10-9-16(11)13(19)17(10)26-28(22,23)24/h10-11H,1-9H2,(H,14,18)(H,22,23,24). The van der Waals surface area contributed by atoms with Gasteiger partial charge in [-0.3, -0.25) is 19.1 Å². The van der Waals surface area contributed by atoms with E-state index in [9.17, 15) is 26.4 Å². The lowest BCUT2D eigenvalue weighted by Crippen LogP contribution is -2.50. The van der Waals surface area contributed by atoms with Gasteiger partial charge in [0.2, 0.25) is 0 Å². The van der Waals surface area contributed by atoms with Gasteiger partial charge in [-0.1, -0.05) is 0 Å². The molecule has 3 saturated heterocycles. The number of carbonyl (C=O) groups is 2. The summed E-state index contributed by atoms with van der Waals surface area (Å²) in [6, 6.07) is -2.25. The van der Waals surface area contributed by atoms with Gasteiger partial charge in [-0.25, -0.2) is 18.7 Å². The third-order valence-corrected chi connectivity index (χ3v) is 6.88. The van der Waals surface area contributed by atoms with Crippen molar-refractivity contribution in [2.75, 3.05) is 44.3 Å². The Morgan fingerprint density at radius 3 is 2.57 bits per heavy atom. The number of piperidine rings is 1. The van der Waals surface area contributed by atoms with Crippen molar-refractivity contribution in [3.05, 3.63) is 0 Å². The Bertz CT molecular complexity index is 817. The Balaban J connectivity index is 1.44. The van der Waals surface area contributed by atoms with Crippen LogP contribution >= 0.6 is 0 Å². The second kappa shape index (κ2) is 8.08. The van der Waals surface area contributed by atoms with Crippen molar-refractivity contribution < 1.29 is 40.1 Å². The predicted octanol–water partition coefficient (Wildman–Crippen LogP) is -2.23. The highest BCUT2D eigenvalue weighted by atomic mass is 32.3. The van der Waals surface area contributed by atoms with E-state index in [-0.39, 0.29) is 31.1 Å². The summed E-state index contributed by atoms with van der Waals surface area (Å²) in [6.07, 6.45) is 0.596. The van der Waals surface area contributed by atoms with E-state index in [0.29, 0.717) is 31.1 Å². The maximum atomic E-state index is 12.3. The quantitative estimate of drug-likeness (QED) is 0.250. The summed E-state index contributed by atoms with van der Waals surface area (Å²) in [5, 5.41) is 0.563. The van der Waals surface area contributed by atoms with Crippen molar-refractivity contribution in [1.29, 1.82) is 0 Å². The minimum Gasteiger partial charge on any atom is -0.309 e. The smallest absolute Gasteiger partial charge is 0.309 e. The molecule has 3 rings (SSSR count). The van der Waals surface area contributed by atoms with Gasteiger partial charge in [0.05, 0.1) is 24.2 Å². The molecule has 2 atom stereocenters. The molecule has 0 saturated carbocycles. The number of sulfone groups is 1. The number of hydroxylamine groups is 3. The fraction of sp³-hybridized carbons (Fsp3) is 0.846. The van der Waals surface area contributed by atoms with Crippen LogP contribution in [0.5, 0.6) is 0 Å². The Morgan fingerprint density at radius 1 is 1.25 bits per heavy atom. The minimum absolute atomic E-state index is 0.0920. The van der Waals surface area contributed by atoms with E-state index in [1.165, 1.54) is 0 Å². The van der Waals surface area contributed by atoms with Crippen LogP contribution in [-0.4, -0.2) is 105 Å². The molecule has 0 spiro atoms. The Labute approximate surface area is 162 Å². The number of amides is 3. The molecule has 28 heavy (non-hydrogen) atoms. The van der Waals surface area contributed by atoms with Gasteiger partial charge in [0.1, 0.15) is 6.04 Å². The first-order valence-electron chi connectivity index (χ1n) is 8.67. The molecule has 2 unspecified atom stereocenters. The van der Waals surface area contributed by atoms with Crippen molar-refractivity contribution in [3.8, 4) is 0 Å². The lowest BCUT2D eigenvalue weighted by Gasteiger charge is -2.29. The number of nitrogens with zero attached hydrogens (tertiary/aromatic N) is 3. The summed E-state index contributed by atoms with van der Waals surface area (Å²) in [4.78, 5) is 32.8. The van der Waals surface area contributed by atoms with E-state index in [0.717, 1.165) is 4.90 Å². The molecular formula is C13H22N4O9S2. The van der Waals surface area contributed by atoms with Gasteiger partial charge in [-0.2, -0.15) is 13.5 Å². The van der Waals surface area contributed by atoms with Crippen LogP contribution in [0.15, 0.2) is 0 Å². The molecule has 0 aromatic carbocycles. The number of fused-ring (bicyclic) bond motifs is 2. The van der Waals surface area contributed by atoms with E-state index in [1.807, 2.05) is 4.90 Å². The monoisotopic (exact) mass is 442 g/mol. The van der Waals surface area contributed by atoms with Gasteiger partial charge in [0.15, 0.2) is 9.84 Å². The first kappa shape index (κ1) is 21.2. The van der Waals surface area contributed by atoms with Gasteiger partial charge in [-0.15, -0.1) is 4.28 Å². The zero-order valence-electron chi connectivity index (χ0n) is 14.9. The van der Waals surface area contributed by atoms with Crippen molar-refractivity contribution in [3.63, 3.8) is 0 Å². The van der Waals surface area contributed by atoms with E-state index >= 15 is 0 Å². The van der Waals surface area contributed by atoms with E-state index in [4.69, 9.17) is 9.39 Å². The van der Waals surface area contributed by atoms with Gasteiger partial charge < -0.3 is 4.90 Å². The van der Waals surface area contributed by atoms with Crippen LogP contribution in [0.25, 0.3) is 0 Å². The van der Waals surface area contributed by atoms with Gasteiger partial charge >= 0.3 is 16.4 Å². The zero-order chi connectivity index (χ0) is 20.5. The lowest BCUT2D eigenvalue weighted by molar-refractivity contribution is -0.139. The fourth-order valence-electron chi connectivity index (χ4n) is 3.44. The van der Waals surface area contributed by atoms with Crippen LogP contribution in [0.3, 0.4) is 0 Å². The van der Waals surface area contributed by atoms with Crippen LogP contribution in [0.1, 0.15) is 12.8 Å². The Hall–Kier alpha value is -1.52. The van der Waals surface area contributed by atoms with Crippen LogP contribution in [0, 0.1) is 0 Å². The number of hydrogen-bond acceptors (Lipinski definition) is 9. The largest absolute Gasteiger partial charge is 0.418 e. The van der Waals surface area contributed by atoms with E-state index in [1.54, 1.807) is 0 Å². The van der Waals surface area contributed by atoms with Crippen molar-refractivity contribution in [2.24, 2.45) is 0 Å². The summed E-state index contributed by atoms with van der Waals surface area (Å²) in [5.74, 6) is -0.356. The summed E-state index contributed by atoms with van der Waals surface area (Å²) in [6.45, 7) is 1.51. The second-order valence-corrected chi connectivity index (χ2v) is 10.1. The van der Waals surface area contributed by atoms with Gasteiger partial charge in [0, 0.05) is 26.2 Å². The molecule has 0 aromatic rings. The van der Waals surface area contributed by atoms with E-state index in [2.05, 4.69) is 9.76 Å². The topological polar surface area (TPSA) is 163 Å². The molecule has 0 aromatic heterocycles. The number of nitrogens with one attached hydrogen (secondary N) is 1. The van der Waals surface area contributed by atoms with Gasteiger partial charge in [-0.05, 0) is 12.8 Å². The molecule has 15 heteroatoms. The highest BCUT2D eigenvalue weighted by Gasteiger charge is 2.49. The van der Waals surface area contributed by atoms with Crippen molar-refractivity contribution >= 4 is 32.2 Å². The normalized spacial score (nSPS) is 27.8. The molecular weight excluding hydrogens is 420 g/mol. The predicted molar refractivity (Wildman–Crippen MR) is 92.6 cm³/mol. The van der Waals surface area contributed by atoms with Gasteiger partial charge in [0.25, 0.3) is 5.91 Å². The average Bonchev–Trinajstić information content (AvgIpc) is 2.83. The maximum Gasteiger partial charge on any atom is 0.418 e. The first-order valence-corrected chi connectivity index (χ1v) is 11.9. The molecule has 3 aliphatic rings. The second-order valence-electron chi connectivity index (χ2n) is 6.82. The van der Waals surface area contributed by atoms with E-state index < -0.39 is 44.3 Å². The van der Waals surface area contributed by atoms with Crippen LogP contribution in [0.4, 0.5) is 4.79 Å². The lowest BCUT2D eigenvalue weighted by atomic mass is 10.0. The van der Waals surface area contributed by atoms with Crippen molar-refractivity contribution in [1.82, 2.24) is 20.3 Å². The molecule has 2 bridgehead atoms. The van der Waals surface area contributed by atoms with Crippen LogP contribution in [0.2, 0.25) is 0 Å². The molecule has 13 nitrogen and oxygen atoms in total. The molecule has 160 valence electrons. The number of hydrogen-bond donors (Lipinski definition) is 2. The third-order valence-electron chi connectivity index (χ3n) is 4.92. The first-order chi connectivity index (χ1) is 13.1. The summed E-state index contributed by atoms with van der Waals surface area (Å²) in [7, 11) is -7.80. The minimum atomic E-state index is -4.84. The summed E-state index contributed by atoms with van der Waals surface area (Å²) < 4.78 is 57.5. The maximum absolute atomic E-state index is 12.3. The SMILES string of the molecule is O=C(NOCCN1CCS(=O)(=O)CC1)C1CCC2CN1C(=O)N2OS(=O)(=O)O. The molecule has 2 N–H and O–H groups in total. The summed E-state index contributed by atoms with van der Waals surface area (Å²) >= 11 is 0. The van der Waals surface area contributed by atoms with Crippen LogP contribution < -0.4 is 5.48 Å². The molecule has 3 amide bonds. The highest BCUT2D eigenvalue weighted by molar-refractivity contribution is 7.91. The highest BCUT2D eigenvalue weighted by Crippen LogP contribution is 2.30. The van der Waals surface area contributed by atoms with Crippen molar-refractivity contribution in [2.45, 2.75) is 24.9 Å². The zero-order valence-corrected chi connectivity index (χ0v) is 16.5. The number of rotatable bonds is 7. The fourth-order valence-corrected chi connectivity index (χ4v) is 5.11. The number of urea groups is 1. The average molecular weight is 442 g/mol. The molecule has 0 aliphatic carbocycles. The molecule has 3 aliphatic heterocycles. The Kier molecular flexibility index (Phi) is 6.11. The molecule has 3 fully saturated rings. The Morgan fingerprint density at radius 2 is 1.93 bits per heavy atom.